The van der Waals surface area contributed by atoms with E-state index < -0.39 is 18.3 Å². The summed E-state index contributed by atoms with van der Waals surface area (Å²) in [7, 11) is 0. The molecule has 0 bridgehead atoms. The molecule has 2 aliphatic rings. The molecule has 3 N–H and O–H groups in total. The fourth-order valence-corrected chi connectivity index (χ4v) is 4.62. The van der Waals surface area contributed by atoms with E-state index in [-0.39, 0.29) is 0 Å². The summed E-state index contributed by atoms with van der Waals surface area (Å²) in [4.78, 5) is 8.96. The number of rotatable bonds is 3. The highest BCUT2D eigenvalue weighted by molar-refractivity contribution is 7.16. The van der Waals surface area contributed by atoms with Crippen LogP contribution in [0.2, 0.25) is 0 Å². The summed E-state index contributed by atoms with van der Waals surface area (Å²) in [6, 6.07) is 6.32. The van der Waals surface area contributed by atoms with E-state index in [9.17, 15) is 15.3 Å². The lowest BCUT2D eigenvalue weighted by atomic mass is 10.00. The Morgan fingerprint density at radius 2 is 1.92 bits per heavy atom. The molecule has 24 heavy (non-hydrogen) atoms. The molecule has 2 aromatic rings. The molecule has 0 spiro atoms. The molecular formula is C17H23N3O3S. The van der Waals surface area contributed by atoms with Crippen LogP contribution >= 0.6 is 11.3 Å². The zero-order valence-electron chi connectivity index (χ0n) is 13.5. The van der Waals surface area contributed by atoms with Crippen molar-refractivity contribution < 1.29 is 15.3 Å². The minimum absolute atomic E-state index is 0.427. The molecule has 0 unspecified atom stereocenters. The number of hydrogen-bond donors (Lipinski definition) is 3. The SMILES string of the molecule is O[C@H]1[C@H](O)CN(C[C@@H]2CCN(c3cccc4scnc34)C2)C[C@@H]1O. The first kappa shape index (κ1) is 16.2. The fraction of sp³-hybridized carbons (Fsp3) is 0.588. The van der Waals surface area contributed by atoms with Crippen LogP contribution < -0.4 is 4.90 Å². The normalized spacial score (nSPS) is 31.9. The number of para-hydroxylation sites is 1. The molecule has 4 atom stereocenters. The van der Waals surface area contributed by atoms with Gasteiger partial charge in [0, 0.05) is 32.7 Å². The molecule has 2 fully saturated rings. The van der Waals surface area contributed by atoms with Crippen LogP contribution in [0, 0.1) is 5.92 Å². The Morgan fingerprint density at radius 3 is 2.71 bits per heavy atom. The van der Waals surface area contributed by atoms with Crippen LogP contribution in [0.15, 0.2) is 23.7 Å². The molecule has 2 aliphatic heterocycles. The molecule has 0 radical (unpaired) electrons. The summed E-state index contributed by atoms with van der Waals surface area (Å²) >= 11 is 1.66. The molecule has 130 valence electrons. The first-order chi connectivity index (χ1) is 11.6. The second kappa shape index (κ2) is 6.57. The minimum atomic E-state index is -1.02. The van der Waals surface area contributed by atoms with E-state index in [4.69, 9.17) is 0 Å². The van der Waals surface area contributed by atoms with Gasteiger partial charge in [-0.25, -0.2) is 4.98 Å². The maximum atomic E-state index is 9.85. The topological polar surface area (TPSA) is 80.1 Å². The van der Waals surface area contributed by atoms with Crippen molar-refractivity contribution in [1.82, 2.24) is 9.88 Å². The van der Waals surface area contributed by atoms with Gasteiger partial charge in [-0.3, -0.25) is 4.90 Å². The number of hydrogen-bond acceptors (Lipinski definition) is 7. The quantitative estimate of drug-likeness (QED) is 0.750. The number of fused-ring (bicyclic) bond motifs is 1. The summed E-state index contributed by atoms with van der Waals surface area (Å²) in [6.07, 6.45) is -1.67. The van der Waals surface area contributed by atoms with E-state index in [0.29, 0.717) is 19.0 Å². The third-order valence-corrected chi connectivity index (χ3v) is 5.96. The van der Waals surface area contributed by atoms with Gasteiger partial charge in [-0.15, -0.1) is 11.3 Å². The number of aromatic nitrogens is 1. The Morgan fingerprint density at radius 1 is 1.12 bits per heavy atom. The van der Waals surface area contributed by atoms with Crippen molar-refractivity contribution in [3.8, 4) is 0 Å². The van der Waals surface area contributed by atoms with Crippen molar-refractivity contribution in [2.45, 2.75) is 24.7 Å². The monoisotopic (exact) mass is 349 g/mol. The van der Waals surface area contributed by atoms with E-state index in [1.54, 1.807) is 11.3 Å². The minimum Gasteiger partial charge on any atom is -0.389 e. The first-order valence-electron chi connectivity index (χ1n) is 8.45. The maximum absolute atomic E-state index is 9.85. The first-order valence-corrected chi connectivity index (χ1v) is 9.33. The molecule has 0 aliphatic carbocycles. The van der Waals surface area contributed by atoms with Gasteiger partial charge < -0.3 is 20.2 Å². The van der Waals surface area contributed by atoms with E-state index in [0.717, 1.165) is 31.6 Å². The number of piperidine rings is 1. The summed E-state index contributed by atoms with van der Waals surface area (Å²) in [5.74, 6) is 0.494. The number of β-amino-alcohol motifs (C(OH)–C–C–N with tert-alkyl or cyclic N) is 2. The summed E-state index contributed by atoms with van der Waals surface area (Å²) in [5, 5.41) is 29.4. The summed E-state index contributed by atoms with van der Waals surface area (Å²) in [6.45, 7) is 3.65. The Labute approximate surface area is 145 Å². The Hall–Kier alpha value is -1.25. The van der Waals surface area contributed by atoms with Crippen LogP contribution in [0.5, 0.6) is 0 Å². The summed E-state index contributed by atoms with van der Waals surface area (Å²) < 4.78 is 1.22. The van der Waals surface area contributed by atoms with Crippen LogP contribution in [0.25, 0.3) is 10.2 Å². The van der Waals surface area contributed by atoms with Crippen molar-refractivity contribution in [2.24, 2.45) is 5.92 Å². The van der Waals surface area contributed by atoms with Gasteiger partial charge in [0.05, 0.1) is 28.1 Å². The van der Waals surface area contributed by atoms with Crippen molar-refractivity contribution in [1.29, 1.82) is 0 Å². The number of aliphatic hydroxyl groups is 3. The summed E-state index contributed by atoms with van der Waals surface area (Å²) in [5.41, 5.74) is 4.17. The van der Waals surface area contributed by atoms with Crippen LogP contribution in [-0.2, 0) is 0 Å². The molecular weight excluding hydrogens is 326 g/mol. The van der Waals surface area contributed by atoms with Gasteiger partial charge in [0.25, 0.3) is 0 Å². The number of aliphatic hydroxyl groups excluding tert-OH is 3. The zero-order chi connectivity index (χ0) is 16.7. The number of thiazole rings is 1. The van der Waals surface area contributed by atoms with Crippen molar-refractivity contribution >= 4 is 27.2 Å². The zero-order valence-corrected chi connectivity index (χ0v) is 14.3. The van der Waals surface area contributed by atoms with Crippen LogP contribution in [0.1, 0.15) is 6.42 Å². The highest BCUT2D eigenvalue weighted by Crippen LogP contribution is 2.32. The van der Waals surface area contributed by atoms with Gasteiger partial charge in [0.15, 0.2) is 0 Å². The van der Waals surface area contributed by atoms with Crippen molar-refractivity contribution in [3.63, 3.8) is 0 Å². The lowest BCUT2D eigenvalue weighted by Gasteiger charge is -2.38. The Balaban J connectivity index is 1.41. The molecule has 0 saturated carbocycles. The maximum Gasteiger partial charge on any atom is 0.108 e. The molecule has 7 heteroatoms. The standard InChI is InChI=1S/C17H23N3O3S/c21-13-8-19(9-14(22)17(13)23)6-11-4-5-20(7-11)12-2-1-3-15-16(12)18-10-24-15/h1-3,10-11,13-14,17,21-23H,4-9H2/t11-,13-,14+,17+/m0/s1. The van der Waals surface area contributed by atoms with E-state index in [1.165, 1.54) is 10.4 Å². The second-order valence-corrected chi connectivity index (χ2v) is 7.81. The third kappa shape index (κ3) is 3.02. The average molecular weight is 349 g/mol. The van der Waals surface area contributed by atoms with Gasteiger partial charge in [-0.2, -0.15) is 0 Å². The predicted octanol–water partition coefficient (Wildman–Crippen LogP) is 0.521. The molecule has 0 amide bonds. The largest absolute Gasteiger partial charge is 0.389 e. The van der Waals surface area contributed by atoms with Crippen LogP contribution in [0.4, 0.5) is 5.69 Å². The van der Waals surface area contributed by atoms with Gasteiger partial charge in [0.1, 0.15) is 11.6 Å². The molecule has 2 saturated heterocycles. The Kier molecular flexibility index (Phi) is 4.44. The highest BCUT2D eigenvalue weighted by atomic mass is 32.1. The lowest BCUT2D eigenvalue weighted by Crippen LogP contribution is -2.56. The second-order valence-electron chi connectivity index (χ2n) is 6.92. The van der Waals surface area contributed by atoms with Crippen LogP contribution in [0.3, 0.4) is 0 Å². The number of nitrogens with zero attached hydrogens (tertiary/aromatic N) is 3. The predicted molar refractivity (Wildman–Crippen MR) is 94.4 cm³/mol. The molecule has 1 aromatic carbocycles. The number of likely N-dealkylation sites (tertiary alicyclic amines) is 1. The number of benzene rings is 1. The molecule has 4 rings (SSSR count). The van der Waals surface area contributed by atoms with Crippen molar-refractivity contribution in [3.05, 3.63) is 23.7 Å². The number of anilines is 1. The van der Waals surface area contributed by atoms with Gasteiger partial charge in [-0.05, 0) is 24.5 Å². The van der Waals surface area contributed by atoms with Gasteiger partial charge in [-0.1, -0.05) is 6.07 Å². The molecule has 6 nitrogen and oxygen atoms in total. The highest BCUT2D eigenvalue weighted by Gasteiger charge is 2.35. The average Bonchev–Trinajstić information content (AvgIpc) is 3.21. The lowest BCUT2D eigenvalue weighted by molar-refractivity contribution is -0.111. The third-order valence-electron chi connectivity index (χ3n) is 5.16. The van der Waals surface area contributed by atoms with E-state index in [1.807, 2.05) is 5.51 Å². The van der Waals surface area contributed by atoms with E-state index in [2.05, 4.69) is 33.0 Å². The molecule has 1 aromatic heterocycles. The van der Waals surface area contributed by atoms with Crippen molar-refractivity contribution in [2.75, 3.05) is 37.6 Å². The van der Waals surface area contributed by atoms with Gasteiger partial charge >= 0.3 is 0 Å². The smallest absolute Gasteiger partial charge is 0.108 e. The Bertz CT molecular complexity index is 697. The van der Waals surface area contributed by atoms with Gasteiger partial charge in [0.2, 0.25) is 0 Å². The fourth-order valence-electron chi connectivity index (χ4n) is 3.92. The van der Waals surface area contributed by atoms with E-state index >= 15 is 0 Å². The van der Waals surface area contributed by atoms with Crippen LogP contribution in [-0.4, -0.2) is 76.2 Å². The molecule has 3 heterocycles.